The van der Waals surface area contributed by atoms with E-state index >= 15 is 0 Å². The van der Waals surface area contributed by atoms with Crippen molar-refractivity contribution in [2.75, 3.05) is 0 Å². The number of halogens is 1. The van der Waals surface area contributed by atoms with E-state index in [0.29, 0.717) is 12.8 Å². The van der Waals surface area contributed by atoms with Gasteiger partial charge in [0.05, 0.1) is 6.10 Å². The minimum absolute atomic E-state index is 0.167. The number of hydrogen-bond donors (Lipinski definition) is 1. The maximum atomic E-state index is 10.2. The first-order valence-electron chi connectivity index (χ1n) is 7.36. The lowest BCUT2D eigenvalue weighted by Gasteiger charge is -2.19. The van der Waals surface area contributed by atoms with Gasteiger partial charge in [0.25, 0.3) is 0 Å². The zero-order valence-corrected chi connectivity index (χ0v) is 13.7. The molecule has 1 nitrogen and oxygen atoms in total. The van der Waals surface area contributed by atoms with Crippen molar-refractivity contribution >= 4 is 11.6 Å². The molecule has 2 rings (SSSR count). The van der Waals surface area contributed by atoms with Crippen LogP contribution in [-0.4, -0.2) is 11.2 Å². The molecule has 0 radical (unpaired) electrons. The molecule has 2 aromatic rings. The second kappa shape index (κ2) is 6.64. The molecule has 0 saturated carbocycles. The quantitative estimate of drug-likeness (QED) is 0.861. The van der Waals surface area contributed by atoms with E-state index < -0.39 is 0 Å². The molecule has 0 fully saturated rings. The average Bonchev–Trinajstić information content (AvgIpc) is 2.41. The Labute approximate surface area is 132 Å². The molecule has 1 N–H and O–H groups in total. The van der Waals surface area contributed by atoms with Crippen LogP contribution in [0.2, 0.25) is 5.02 Å². The average molecular weight is 303 g/mol. The Bertz CT molecular complexity index is 564. The molecule has 0 aliphatic rings. The Hall–Kier alpha value is -1.31. The van der Waals surface area contributed by atoms with Gasteiger partial charge in [0.15, 0.2) is 0 Å². The first-order valence-corrected chi connectivity index (χ1v) is 7.74. The third kappa shape index (κ3) is 4.87. The molecule has 21 heavy (non-hydrogen) atoms. The van der Waals surface area contributed by atoms with Crippen LogP contribution < -0.4 is 0 Å². The van der Waals surface area contributed by atoms with Crippen molar-refractivity contribution in [3.8, 4) is 0 Å². The molecule has 0 spiro atoms. The summed E-state index contributed by atoms with van der Waals surface area (Å²) in [6.45, 7) is 6.62. The zero-order valence-electron chi connectivity index (χ0n) is 12.9. The van der Waals surface area contributed by atoms with Crippen molar-refractivity contribution in [2.45, 2.75) is 45.1 Å². The maximum Gasteiger partial charge on any atom is 0.0620 e. The molecule has 0 amide bonds. The van der Waals surface area contributed by atoms with E-state index in [1.54, 1.807) is 0 Å². The fourth-order valence-electron chi connectivity index (χ4n) is 2.38. The molecule has 112 valence electrons. The van der Waals surface area contributed by atoms with E-state index in [-0.39, 0.29) is 11.5 Å². The molecule has 2 heteroatoms. The first kappa shape index (κ1) is 16.1. The van der Waals surface area contributed by atoms with Gasteiger partial charge in [-0.05, 0) is 47.1 Å². The van der Waals surface area contributed by atoms with Crippen molar-refractivity contribution < 1.29 is 5.11 Å². The molecule has 1 unspecified atom stereocenters. The van der Waals surface area contributed by atoms with Crippen LogP contribution in [0, 0.1) is 0 Å². The molecule has 1 atom stereocenters. The summed E-state index contributed by atoms with van der Waals surface area (Å²) in [6.07, 6.45) is 0.956. The molecule has 0 saturated heterocycles. The summed E-state index contributed by atoms with van der Waals surface area (Å²) in [7, 11) is 0. The van der Waals surface area contributed by atoms with Crippen molar-refractivity contribution in [3.05, 3.63) is 70.2 Å². The molecule has 0 bridgehead atoms. The standard InChI is InChI=1S/C19H23ClO/c1-19(2,3)16-8-4-14(5-9-16)12-18(21)13-15-6-10-17(20)11-7-15/h4-11,18,21H,12-13H2,1-3H3. The van der Waals surface area contributed by atoms with Crippen LogP contribution in [0.1, 0.15) is 37.5 Å². The number of rotatable bonds is 4. The van der Waals surface area contributed by atoms with Gasteiger partial charge in [-0.15, -0.1) is 0 Å². The van der Waals surface area contributed by atoms with E-state index in [1.165, 1.54) is 11.1 Å². The molecule has 0 heterocycles. The van der Waals surface area contributed by atoms with Crippen LogP contribution in [0.5, 0.6) is 0 Å². The minimum Gasteiger partial charge on any atom is -0.392 e. The van der Waals surface area contributed by atoms with Crippen LogP contribution in [0.25, 0.3) is 0 Å². The van der Waals surface area contributed by atoms with Gasteiger partial charge < -0.3 is 5.11 Å². The van der Waals surface area contributed by atoms with E-state index in [0.717, 1.165) is 10.6 Å². The monoisotopic (exact) mass is 302 g/mol. The number of aliphatic hydroxyl groups excluding tert-OH is 1. The van der Waals surface area contributed by atoms with Crippen LogP contribution in [0.3, 0.4) is 0 Å². The Morgan fingerprint density at radius 1 is 0.857 bits per heavy atom. The van der Waals surface area contributed by atoms with E-state index in [9.17, 15) is 5.11 Å². The molecule has 0 aromatic heterocycles. The van der Waals surface area contributed by atoms with E-state index in [1.807, 2.05) is 24.3 Å². The smallest absolute Gasteiger partial charge is 0.0620 e. The van der Waals surface area contributed by atoms with Gasteiger partial charge in [-0.3, -0.25) is 0 Å². The van der Waals surface area contributed by atoms with Gasteiger partial charge in [0, 0.05) is 5.02 Å². The number of hydrogen-bond acceptors (Lipinski definition) is 1. The maximum absolute atomic E-state index is 10.2. The fourth-order valence-corrected chi connectivity index (χ4v) is 2.50. The van der Waals surface area contributed by atoms with Crippen molar-refractivity contribution in [1.29, 1.82) is 0 Å². The normalized spacial score (nSPS) is 13.2. The molecule has 0 aliphatic heterocycles. The third-order valence-corrected chi connectivity index (χ3v) is 3.93. The lowest BCUT2D eigenvalue weighted by atomic mass is 9.86. The van der Waals surface area contributed by atoms with Crippen LogP contribution in [0.15, 0.2) is 48.5 Å². The summed E-state index contributed by atoms with van der Waals surface area (Å²) < 4.78 is 0. The van der Waals surface area contributed by atoms with Gasteiger partial charge in [-0.2, -0.15) is 0 Å². The summed E-state index contributed by atoms with van der Waals surface area (Å²) in [4.78, 5) is 0. The predicted molar refractivity (Wildman–Crippen MR) is 90.0 cm³/mol. The van der Waals surface area contributed by atoms with Crippen molar-refractivity contribution in [3.63, 3.8) is 0 Å². The van der Waals surface area contributed by atoms with Crippen molar-refractivity contribution in [2.24, 2.45) is 0 Å². The molecular weight excluding hydrogens is 280 g/mol. The van der Waals surface area contributed by atoms with Crippen LogP contribution >= 0.6 is 11.6 Å². The fraction of sp³-hybridized carbons (Fsp3) is 0.368. The van der Waals surface area contributed by atoms with Gasteiger partial charge >= 0.3 is 0 Å². The minimum atomic E-state index is -0.369. The van der Waals surface area contributed by atoms with Crippen LogP contribution in [0.4, 0.5) is 0 Å². The Morgan fingerprint density at radius 3 is 1.71 bits per heavy atom. The van der Waals surface area contributed by atoms with E-state index in [4.69, 9.17) is 11.6 Å². The summed E-state index contributed by atoms with van der Waals surface area (Å²) in [5, 5.41) is 10.9. The molecule has 2 aromatic carbocycles. The van der Waals surface area contributed by atoms with Crippen molar-refractivity contribution in [1.82, 2.24) is 0 Å². The molecular formula is C19H23ClO. The lowest BCUT2D eigenvalue weighted by molar-refractivity contribution is 0.175. The Balaban J connectivity index is 1.96. The molecule has 0 aliphatic carbocycles. The Morgan fingerprint density at radius 2 is 1.29 bits per heavy atom. The highest BCUT2D eigenvalue weighted by Gasteiger charge is 2.13. The predicted octanol–water partition coefficient (Wildman–Crippen LogP) is 4.78. The summed E-state index contributed by atoms with van der Waals surface area (Å²) >= 11 is 5.87. The summed E-state index contributed by atoms with van der Waals surface area (Å²) in [5.74, 6) is 0. The summed E-state index contributed by atoms with van der Waals surface area (Å²) in [6, 6.07) is 16.2. The number of aliphatic hydroxyl groups is 1. The lowest BCUT2D eigenvalue weighted by Crippen LogP contribution is -2.15. The van der Waals surface area contributed by atoms with E-state index in [2.05, 4.69) is 45.0 Å². The second-order valence-electron chi connectivity index (χ2n) is 6.64. The highest BCUT2D eigenvalue weighted by Crippen LogP contribution is 2.22. The summed E-state index contributed by atoms with van der Waals surface area (Å²) in [5.41, 5.74) is 3.77. The largest absolute Gasteiger partial charge is 0.392 e. The highest BCUT2D eigenvalue weighted by molar-refractivity contribution is 6.30. The SMILES string of the molecule is CC(C)(C)c1ccc(CC(O)Cc2ccc(Cl)cc2)cc1. The topological polar surface area (TPSA) is 20.2 Å². The first-order chi connectivity index (χ1) is 9.84. The van der Waals surface area contributed by atoms with Gasteiger partial charge in [-0.25, -0.2) is 0 Å². The third-order valence-electron chi connectivity index (χ3n) is 3.68. The number of benzene rings is 2. The highest BCUT2D eigenvalue weighted by atomic mass is 35.5. The van der Waals surface area contributed by atoms with Gasteiger partial charge in [0.2, 0.25) is 0 Å². The zero-order chi connectivity index (χ0) is 15.5. The van der Waals surface area contributed by atoms with Gasteiger partial charge in [0.1, 0.15) is 0 Å². The second-order valence-corrected chi connectivity index (χ2v) is 7.07. The van der Waals surface area contributed by atoms with Gasteiger partial charge in [-0.1, -0.05) is 68.8 Å². The Kier molecular flexibility index (Phi) is 5.08. The van der Waals surface area contributed by atoms with Crippen LogP contribution in [-0.2, 0) is 18.3 Å².